The number of nitrogens with zero attached hydrogens (tertiary/aromatic N) is 4. The highest BCUT2D eigenvalue weighted by Crippen LogP contribution is 2.43. The molecule has 0 N–H and O–H groups in total. The molecule has 0 aliphatic carbocycles. The van der Waals surface area contributed by atoms with Crippen molar-refractivity contribution in [1.29, 1.82) is 0 Å². The van der Waals surface area contributed by atoms with Gasteiger partial charge < -0.3 is 38.2 Å². The standard InChI is InChI=1S/C48H50B2N2O4.C36H26Br2N2/c1-45(2)46(3,4)54-49(53-45)37-23-31-43(32-24-37)51(39-15-11-9-12-16-39)41-27-19-35(20-28-41)36-21-29-42(30-22-36)52(40-17-13-10-14-18-40)44-33-25-38(26-34-44)50-55-47(5,6)48(7,8)56-50;37-29-15-23-35(24-16-29)39(31-7-3-1-4-8-31)33-19-11-27(12-20-33)28-13-21-34(22-14-28)40(32-9-5-2-6-10-32)36-25-17-30(38)18-26-36/h9-34H,1-8H3;1-26H. The second-order valence-corrected chi connectivity index (χ2v) is 28.0. The number of hydrogen-bond donors (Lipinski definition) is 0. The van der Waals surface area contributed by atoms with Crippen molar-refractivity contribution in [2.24, 2.45) is 0 Å². The van der Waals surface area contributed by atoms with Gasteiger partial charge in [0.2, 0.25) is 0 Å². The van der Waals surface area contributed by atoms with Crippen LogP contribution >= 0.6 is 31.9 Å². The fraction of sp³-hybridized carbons (Fsp3) is 0.143. The quantitative estimate of drug-likeness (QED) is 0.0887. The highest BCUT2D eigenvalue weighted by atomic mass is 79.9. The first-order valence-electron chi connectivity index (χ1n) is 32.6. The maximum atomic E-state index is 6.33. The maximum absolute atomic E-state index is 6.33. The predicted octanol–water partition coefficient (Wildman–Crippen LogP) is 22.7. The summed E-state index contributed by atoms with van der Waals surface area (Å²) in [5, 5.41) is 0. The molecule has 2 heterocycles. The highest BCUT2D eigenvalue weighted by Gasteiger charge is 2.53. The third-order valence-corrected chi connectivity index (χ3v) is 19.8. The molecule has 14 rings (SSSR count). The molecule has 0 amide bonds. The van der Waals surface area contributed by atoms with Gasteiger partial charge in [-0.25, -0.2) is 0 Å². The smallest absolute Gasteiger partial charge is 0.399 e. The minimum atomic E-state index is -0.405. The Kier molecular flexibility index (Phi) is 19.0. The maximum Gasteiger partial charge on any atom is 0.494 e. The van der Waals surface area contributed by atoms with Crippen molar-refractivity contribution < 1.29 is 18.6 Å². The van der Waals surface area contributed by atoms with Crippen LogP contribution in [-0.4, -0.2) is 36.6 Å². The van der Waals surface area contributed by atoms with E-state index in [0.29, 0.717) is 0 Å². The Morgan fingerprint density at radius 2 is 0.365 bits per heavy atom. The van der Waals surface area contributed by atoms with Crippen LogP contribution < -0.4 is 30.5 Å². The number of benzene rings is 12. The first-order chi connectivity index (χ1) is 46.4. The minimum absolute atomic E-state index is 0.390. The van der Waals surface area contributed by atoms with Gasteiger partial charge in [-0.05, 0) is 258 Å². The van der Waals surface area contributed by atoms with Crippen molar-refractivity contribution in [3.05, 3.63) is 324 Å². The lowest BCUT2D eigenvalue weighted by Gasteiger charge is -2.32. The van der Waals surface area contributed by atoms with Crippen molar-refractivity contribution in [2.45, 2.75) is 77.8 Å². The third kappa shape index (κ3) is 14.2. The summed E-state index contributed by atoms with van der Waals surface area (Å²) in [6.07, 6.45) is 0. The van der Waals surface area contributed by atoms with E-state index in [2.05, 4.69) is 398 Å². The molecular weight excluding hydrogens is 1310 g/mol. The zero-order chi connectivity index (χ0) is 66.6. The number of anilines is 12. The van der Waals surface area contributed by atoms with E-state index < -0.39 is 36.6 Å². The van der Waals surface area contributed by atoms with Crippen LogP contribution in [0.25, 0.3) is 22.3 Å². The van der Waals surface area contributed by atoms with Crippen LogP contribution in [0.5, 0.6) is 0 Å². The molecule has 0 atom stereocenters. The number of halogens is 2. The molecule has 12 aromatic carbocycles. The summed E-state index contributed by atoms with van der Waals surface area (Å²) < 4.78 is 27.4. The Hall–Kier alpha value is -9.23. The molecule has 2 fully saturated rings. The molecule has 96 heavy (non-hydrogen) atoms. The zero-order valence-electron chi connectivity index (χ0n) is 55.4. The summed E-state index contributed by atoms with van der Waals surface area (Å²) in [5.41, 5.74) is 18.2. The molecule has 0 aromatic heterocycles. The monoisotopic (exact) mass is 1380 g/mol. The second kappa shape index (κ2) is 27.8. The van der Waals surface area contributed by atoms with Gasteiger partial charge >= 0.3 is 14.2 Å². The summed E-state index contributed by atoms with van der Waals surface area (Å²) in [6, 6.07) is 111. The van der Waals surface area contributed by atoms with Gasteiger partial charge in [0.25, 0.3) is 0 Å². The topological polar surface area (TPSA) is 49.9 Å². The number of hydrogen-bond acceptors (Lipinski definition) is 8. The largest absolute Gasteiger partial charge is 0.494 e. The Bertz CT molecular complexity index is 4190. The lowest BCUT2D eigenvalue weighted by molar-refractivity contribution is 0.00578. The molecule has 0 saturated carbocycles. The first kappa shape index (κ1) is 65.4. The molecule has 2 saturated heterocycles. The summed E-state index contributed by atoms with van der Waals surface area (Å²) in [7, 11) is -0.810. The first-order valence-corrected chi connectivity index (χ1v) is 34.2. The van der Waals surface area contributed by atoms with Gasteiger partial charge in [0.1, 0.15) is 0 Å². The predicted molar refractivity (Wildman–Crippen MR) is 409 cm³/mol. The van der Waals surface area contributed by atoms with Crippen molar-refractivity contribution in [2.75, 3.05) is 19.6 Å². The van der Waals surface area contributed by atoms with Crippen LogP contribution in [0.2, 0.25) is 0 Å². The molecule has 2 aliphatic rings. The van der Waals surface area contributed by atoms with E-state index in [1.54, 1.807) is 0 Å². The molecule has 0 bridgehead atoms. The van der Waals surface area contributed by atoms with Gasteiger partial charge in [0.15, 0.2) is 0 Å². The molecule has 476 valence electrons. The van der Waals surface area contributed by atoms with Crippen molar-refractivity contribution in [3.63, 3.8) is 0 Å². The van der Waals surface area contributed by atoms with Crippen LogP contribution in [0.15, 0.2) is 324 Å². The van der Waals surface area contributed by atoms with E-state index in [9.17, 15) is 0 Å². The lowest BCUT2D eigenvalue weighted by atomic mass is 9.79. The molecular formula is C84H76B2Br2N4O4. The van der Waals surface area contributed by atoms with Crippen LogP contribution in [0, 0.1) is 0 Å². The average Bonchev–Trinajstić information content (AvgIpc) is 1.58. The fourth-order valence-electron chi connectivity index (χ4n) is 12.0. The molecule has 0 unspecified atom stereocenters. The van der Waals surface area contributed by atoms with Gasteiger partial charge in [-0.1, -0.05) is 177 Å². The van der Waals surface area contributed by atoms with Gasteiger partial charge in [-0.15, -0.1) is 0 Å². The van der Waals surface area contributed by atoms with Gasteiger partial charge in [0, 0.05) is 77.2 Å². The molecule has 0 spiro atoms. The van der Waals surface area contributed by atoms with E-state index in [0.717, 1.165) is 99.2 Å². The van der Waals surface area contributed by atoms with E-state index in [1.165, 1.54) is 11.1 Å². The van der Waals surface area contributed by atoms with E-state index in [4.69, 9.17) is 18.6 Å². The molecule has 12 aromatic rings. The zero-order valence-corrected chi connectivity index (χ0v) is 58.5. The van der Waals surface area contributed by atoms with Crippen molar-refractivity contribution in [3.8, 4) is 22.3 Å². The SMILES string of the molecule is Brc1ccc(N(c2ccccc2)c2ccc(-c3ccc(N(c4ccccc4)c4ccc(Br)cc4)cc3)cc2)cc1.CC1(C)OB(c2ccc(N(c3ccccc3)c3ccc(-c4ccc(N(c5ccccc5)c5ccc(B6OC(C)(C)C(C)(C)O6)cc5)cc4)cc3)cc2)OC1(C)C. The van der Waals surface area contributed by atoms with Gasteiger partial charge in [-0.3, -0.25) is 0 Å². The van der Waals surface area contributed by atoms with Crippen LogP contribution in [0.1, 0.15) is 55.4 Å². The molecule has 12 heteroatoms. The summed E-state index contributed by atoms with van der Waals surface area (Å²) in [6.45, 7) is 16.7. The average molecular weight is 1390 g/mol. The molecule has 8 nitrogen and oxygen atoms in total. The Morgan fingerprint density at radius 3 is 0.552 bits per heavy atom. The molecule has 2 aliphatic heterocycles. The fourth-order valence-corrected chi connectivity index (χ4v) is 12.5. The van der Waals surface area contributed by atoms with Crippen molar-refractivity contribution >= 4 is 125 Å². The highest BCUT2D eigenvalue weighted by molar-refractivity contribution is 9.10. The van der Waals surface area contributed by atoms with Crippen LogP contribution in [0.3, 0.4) is 0 Å². The second-order valence-electron chi connectivity index (χ2n) is 26.2. The molecule has 0 radical (unpaired) electrons. The number of para-hydroxylation sites is 4. The van der Waals surface area contributed by atoms with E-state index in [1.807, 2.05) is 24.3 Å². The van der Waals surface area contributed by atoms with E-state index in [-0.39, 0.29) is 0 Å². The summed E-state index contributed by atoms with van der Waals surface area (Å²) in [5.74, 6) is 0. The van der Waals surface area contributed by atoms with E-state index >= 15 is 0 Å². The van der Waals surface area contributed by atoms with Gasteiger partial charge in [0.05, 0.1) is 22.4 Å². The van der Waals surface area contributed by atoms with Crippen LogP contribution in [-0.2, 0) is 18.6 Å². The van der Waals surface area contributed by atoms with Crippen LogP contribution in [0.4, 0.5) is 68.2 Å². The van der Waals surface area contributed by atoms with Gasteiger partial charge in [-0.2, -0.15) is 0 Å². The number of rotatable bonds is 16. The third-order valence-electron chi connectivity index (χ3n) is 18.7. The lowest BCUT2D eigenvalue weighted by Crippen LogP contribution is -2.41. The minimum Gasteiger partial charge on any atom is -0.399 e. The summed E-state index contributed by atoms with van der Waals surface area (Å²) >= 11 is 7.12. The Morgan fingerprint density at radius 1 is 0.208 bits per heavy atom. The Labute approximate surface area is 583 Å². The summed E-state index contributed by atoms with van der Waals surface area (Å²) in [4.78, 5) is 9.10. The Balaban J connectivity index is 0.000000183. The normalized spacial score (nSPS) is 14.9. The van der Waals surface area contributed by atoms with Crippen molar-refractivity contribution in [1.82, 2.24) is 0 Å².